The normalized spacial score (nSPS) is 14.9. The second kappa shape index (κ2) is 10.2. The summed E-state index contributed by atoms with van der Waals surface area (Å²) in [6, 6.07) is 3.69. The van der Waals surface area contributed by atoms with Crippen LogP contribution in [0.1, 0.15) is 56.9 Å². The number of carbonyl (C=O) groups is 2. The van der Waals surface area contributed by atoms with Gasteiger partial charge in [0.1, 0.15) is 0 Å². The van der Waals surface area contributed by atoms with Crippen LogP contribution in [0.15, 0.2) is 12.1 Å². The van der Waals surface area contributed by atoms with Crippen LogP contribution in [-0.4, -0.2) is 45.2 Å². The van der Waals surface area contributed by atoms with Crippen LogP contribution in [-0.2, 0) is 42.9 Å². The molecule has 2 rings (SSSR count). The summed E-state index contributed by atoms with van der Waals surface area (Å²) in [7, 11) is -1.90. The number of fused-ring (bicyclic) bond motifs is 1. The third-order valence-corrected chi connectivity index (χ3v) is 10.9. The Labute approximate surface area is 192 Å². The Morgan fingerprint density at radius 3 is 2.06 bits per heavy atom. The molecule has 6 nitrogen and oxygen atoms in total. The van der Waals surface area contributed by atoms with Gasteiger partial charge in [-0.15, -0.1) is 0 Å². The highest BCUT2D eigenvalue weighted by molar-refractivity contribution is 6.74. The number of esters is 2. The Morgan fingerprint density at radius 1 is 1.06 bits per heavy atom. The van der Waals surface area contributed by atoms with Gasteiger partial charge in [-0.05, 0) is 67.6 Å². The Hall–Kier alpha value is -2.14. The maximum Gasteiger partial charge on any atom is 0.324 e. The molecule has 1 aliphatic carbocycles. The van der Waals surface area contributed by atoms with Crippen molar-refractivity contribution in [3.05, 3.63) is 34.4 Å². The fraction of sp³-hybridized carbons (Fsp3) is 0.600. The molecule has 0 spiro atoms. The summed E-state index contributed by atoms with van der Waals surface area (Å²) in [6.45, 7) is 14.8. The van der Waals surface area contributed by atoms with Crippen molar-refractivity contribution >= 4 is 20.3 Å². The first-order valence-electron chi connectivity index (χ1n) is 11.1. The summed E-state index contributed by atoms with van der Waals surface area (Å²) in [4.78, 5) is 25.5. The molecule has 0 atom stereocenters. The van der Waals surface area contributed by atoms with Gasteiger partial charge in [0.05, 0.1) is 26.4 Å². The van der Waals surface area contributed by atoms with E-state index < -0.39 is 25.7 Å². The molecule has 0 amide bonds. The van der Waals surface area contributed by atoms with Gasteiger partial charge >= 0.3 is 11.9 Å². The van der Waals surface area contributed by atoms with Crippen molar-refractivity contribution in [2.75, 3.05) is 19.8 Å². The SMILES string of the molecule is CCOC(=O)C1(C(=O)OCC)Cc2cc(C#CCO[Si](C)(C)C(C)(C)C)c(CO)cc2C1. The molecular formula is C25H36O6Si. The van der Waals surface area contributed by atoms with E-state index >= 15 is 0 Å². The van der Waals surface area contributed by atoms with Crippen LogP contribution >= 0.6 is 0 Å². The molecule has 1 aromatic carbocycles. The van der Waals surface area contributed by atoms with E-state index in [9.17, 15) is 14.7 Å². The molecule has 0 heterocycles. The fourth-order valence-corrected chi connectivity index (χ4v) is 4.37. The predicted molar refractivity (Wildman–Crippen MR) is 125 cm³/mol. The number of hydrogen-bond donors (Lipinski definition) is 1. The summed E-state index contributed by atoms with van der Waals surface area (Å²) in [5.74, 6) is 5.03. The minimum Gasteiger partial charge on any atom is -0.465 e. The molecule has 0 aliphatic heterocycles. The highest BCUT2D eigenvalue weighted by atomic mass is 28.4. The zero-order valence-corrected chi connectivity index (χ0v) is 21.4. The van der Waals surface area contributed by atoms with Crippen molar-refractivity contribution in [3.8, 4) is 11.8 Å². The lowest BCUT2D eigenvalue weighted by Gasteiger charge is -2.35. The van der Waals surface area contributed by atoms with Crippen LogP contribution in [0.25, 0.3) is 0 Å². The summed E-state index contributed by atoms with van der Waals surface area (Å²) in [5.41, 5.74) is 1.62. The van der Waals surface area contributed by atoms with E-state index in [1.807, 2.05) is 12.1 Å². The number of aliphatic hydroxyl groups excluding tert-OH is 1. The number of hydrogen-bond acceptors (Lipinski definition) is 6. The minimum absolute atomic E-state index is 0.0992. The second-order valence-corrected chi connectivity index (χ2v) is 14.5. The molecule has 1 N–H and O–H groups in total. The number of benzene rings is 1. The molecule has 0 fully saturated rings. The molecule has 176 valence electrons. The lowest BCUT2D eigenvalue weighted by Crippen LogP contribution is -2.43. The van der Waals surface area contributed by atoms with Gasteiger partial charge in [-0.25, -0.2) is 0 Å². The van der Waals surface area contributed by atoms with E-state index in [0.29, 0.717) is 17.7 Å². The monoisotopic (exact) mass is 460 g/mol. The summed E-state index contributed by atoms with van der Waals surface area (Å²) >= 11 is 0. The van der Waals surface area contributed by atoms with Gasteiger partial charge in [0.15, 0.2) is 13.7 Å². The van der Waals surface area contributed by atoms with Gasteiger partial charge in [-0.2, -0.15) is 0 Å². The lowest BCUT2D eigenvalue weighted by atomic mass is 9.84. The highest BCUT2D eigenvalue weighted by Gasteiger charge is 2.53. The van der Waals surface area contributed by atoms with Gasteiger partial charge in [-0.3, -0.25) is 9.59 Å². The average Bonchev–Trinajstić information content (AvgIpc) is 3.09. The molecule has 0 saturated heterocycles. The fourth-order valence-electron chi connectivity index (χ4n) is 3.50. The summed E-state index contributed by atoms with van der Waals surface area (Å²) in [6.07, 6.45) is 0.385. The van der Waals surface area contributed by atoms with E-state index in [-0.39, 0.29) is 37.7 Å². The highest BCUT2D eigenvalue weighted by Crippen LogP contribution is 2.41. The second-order valence-electron chi connectivity index (χ2n) is 9.66. The van der Waals surface area contributed by atoms with Crippen LogP contribution in [0.3, 0.4) is 0 Å². The van der Waals surface area contributed by atoms with Gasteiger partial charge in [-0.1, -0.05) is 38.7 Å². The summed E-state index contributed by atoms with van der Waals surface area (Å²) in [5, 5.41) is 9.98. The Morgan fingerprint density at radius 2 is 1.59 bits per heavy atom. The average molecular weight is 461 g/mol. The van der Waals surface area contributed by atoms with Crippen molar-refractivity contribution in [1.29, 1.82) is 0 Å². The topological polar surface area (TPSA) is 82.1 Å². The third kappa shape index (κ3) is 5.43. The lowest BCUT2D eigenvalue weighted by molar-refractivity contribution is -0.171. The first kappa shape index (κ1) is 26.1. The van der Waals surface area contributed by atoms with Crippen molar-refractivity contribution in [3.63, 3.8) is 0 Å². The smallest absolute Gasteiger partial charge is 0.324 e. The van der Waals surface area contributed by atoms with Gasteiger partial charge in [0, 0.05) is 5.56 Å². The van der Waals surface area contributed by atoms with Crippen LogP contribution < -0.4 is 0 Å². The van der Waals surface area contributed by atoms with Gasteiger partial charge in [0.2, 0.25) is 0 Å². The quantitative estimate of drug-likeness (QED) is 0.289. The molecule has 0 radical (unpaired) electrons. The summed E-state index contributed by atoms with van der Waals surface area (Å²) < 4.78 is 16.6. The Kier molecular flexibility index (Phi) is 8.32. The van der Waals surface area contributed by atoms with E-state index in [4.69, 9.17) is 13.9 Å². The molecule has 0 bridgehead atoms. The number of rotatable bonds is 7. The molecule has 1 aromatic rings. The number of aliphatic hydroxyl groups is 1. The third-order valence-electron chi connectivity index (χ3n) is 6.45. The van der Waals surface area contributed by atoms with E-state index in [2.05, 4.69) is 45.7 Å². The first-order chi connectivity index (χ1) is 14.9. The first-order valence-corrected chi connectivity index (χ1v) is 14.1. The van der Waals surface area contributed by atoms with Crippen LogP contribution in [0.4, 0.5) is 0 Å². The molecule has 1 aliphatic rings. The van der Waals surface area contributed by atoms with E-state index in [1.54, 1.807) is 13.8 Å². The predicted octanol–water partition coefficient (Wildman–Crippen LogP) is 3.76. The van der Waals surface area contributed by atoms with Crippen molar-refractivity contribution in [2.45, 2.75) is 72.2 Å². The van der Waals surface area contributed by atoms with Crippen molar-refractivity contribution in [2.24, 2.45) is 5.41 Å². The van der Waals surface area contributed by atoms with Crippen LogP contribution in [0.2, 0.25) is 18.1 Å². The molecular weight excluding hydrogens is 424 g/mol. The Bertz CT molecular complexity index is 899. The van der Waals surface area contributed by atoms with E-state index in [1.165, 1.54) is 0 Å². The van der Waals surface area contributed by atoms with Gasteiger partial charge < -0.3 is 19.0 Å². The molecule has 0 saturated carbocycles. The van der Waals surface area contributed by atoms with E-state index in [0.717, 1.165) is 11.1 Å². The van der Waals surface area contributed by atoms with Crippen molar-refractivity contribution in [1.82, 2.24) is 0 Å². The molecule has 7 heteroatoms. The van der Waals surface area contributed by atoms with Gasteiger partial charge in [0.25, 0.3) is 0 Å². The van der Waals surface area contributed by atoms with Crippen LogP contribution in [0, 0.1) is 17.3 Å². The molecule has 32 heavy (non-hydrogen) atoms. The zero-order chi connectivity index (χ0) is 24.2. The zero-order valence-electron chi connectivity index (χ0n) is 20.4. The van der Waals surface area contributed by atoms with Crippen LogP contribution in [0.5, 0.6) is 0 Å². The molecule has 0 aromatic heterocycles. The maximum absolute atomic E-state index is 12.8. The number of ether oxygens (including phenoxy) is 2. The largest absolute Gasteiger partial charge is 0.465 e. The van der Waals surface area contributed by atoms with Crippen molar-refractivity contribution < 1.29 is 28.6 Å². The maximum atomic E-state index is 12.8. The number of carbonyl (C=O) groups excluding carboxylic acids is 2. The Balaban J connectivity index is 2.32. The molecule has 0 unspecified atom stereocenters. The minimum atomic E-state index is -1.90. The standard InChI is InChI=1S/C25H36O6Si/c1-8-29-22(27)25(23(28)30-9-2)15-19-13-18(21(17-26)14-20(19)16-25)11-10-12-31-32(6,7)24(3,4)5/h13-14,26H,8-9,12,15-17H2,1-7H3.